The summed E-state index contributed by atoms with van der Waals surface area (Å²) in [4.78, 5) is 99.2. The number of amides is 4. The first-order chi connectivity index (χ1) is 50.7. The van der Waals surface area contributed by atoms with Crippen molar-refractivity contribution in [3.63, 3.8) is 0 Å². The minimum absolute atomic E-state index is 0.0388. The van der Waals surface area contributed by atoms with Crippen molar-refractivity contribution in [3.8, 4) is 0 Å². The molecule has 4 N–H and O–H groups in total. The molecule has 8 aromatic rings. The van der Waals surface area contributed by atoms with Gasteiger partial charge in [-0.1, -0.05) is 169 Å². The lowest BCUT2D eigenvalue weighted by atomic mass is 10.1. The SMILES string of the molecule is O=C(O)c1ccc(/C=C2/SC(=S)N(c3cccc(C(F)(F)F)c3)C2=O)cc1.O=C(O)c1ccc(/C=C2/SC(=S)N(c3cccc(C(F)(F)F)c3)C2=O)cc1.O=C(O)c1ccc(/C=C2/SC(=S)N(c3cccc(C(F)(F)F)c3)C2=O)cc1.O=C(O)c1ccc(/C=C2/SC(=S)N(c3cccc(C(F)(F)F)c3)C2=O)cc1. The van der Waals surface area contributed by atoms with E-state index < -0.39 is 94.5 Å². The van der Waals surface area contributed by atoms with Gasteiger partial charge in [0.2, 0.25) is 0 Å². The second-order valence-corrected chi connectivity index (χ2v) is 28.7. The fraction of sp³-hybridized carbons (Fsp3) is 0.0556. The van der Waals surface area contributed by atoms with Gasteiger partial charge < -0.3 is 20.4 Å². The number of carbonyl (C=O) groups is 8. The number of rotatable bonds is 12. The second-order valence-electron chi connectivity index (χ2n) is 22.0. The Labute approximate surface area is 639 Å². The van der Waals surface area contributed by atoms with E-state index in [1.54, 1.807) is 0 Å². The lowest BCUT2D eigenvalue weighted by molar-refractivity contribution is -0.138. The molecule has 16 nitrogen and oxygen atoms in total. The Morgan fingerprint density at radius 1 is 0.287 bits per heavy atom. The van der Waals surface area contributed by atoms with E-state index in [0.717, 1.165) is 115 Å². The summed E-state index contributed by atoms with van der Waals surface area (Å²) in [6, 6.07) is 40.9. The van der Waals surface area contributed by atoms with Crippen LogP contribution in [-0.4, -0.2) is 85.2 Å². The van der Waals surface area contributed by atoms with Crippen molar-refractivity contribution in [2.75, 3.05) is 19.6 Å². The van der Waals surface area contributed by atoms with Gasteiger partial charge in [-0.05, 0) is 168 Å². The van der Waals surface area contributed by atoms with Crippen molar-refractivity contribution < 1.29 is 111 Å². The first-order valence-electron chi connectivity index (χ1n) is 29.8. The Morgan fingerprint density at radius 2 is 0.454 bits per heavy atom. The normalized spacial score (nSPS) is 16.3. The fourth-order valence-corrected chi connectivity index (χ4v) is 14.7. The molecular weight excluding hydrogens is 1600 g/mol. The molecule has 4 saturated heterocycles. The average molecular weight is 1640 g/mol. The van der Waals surface area contributed by atoms with Gasteiger partial charge in [0.05, 0.1) is 86.9 Å². The zero-order chi connectivity index (χ0) is 79.1. The molecule has 0 unspecified atom stereocenters. The van der Waals surface area contributed by atoms with Crippen LogP contribution in [0.4, 0.5) is 75.4 Å². The van der Waals surface area contributed by atoms with E-state index >= 15 is 0 Å². The van der Waals surface area contributed by atoms with E-state index in [-0.39, 0.29) is 81.9 Å². The van der Waals surface area contributed by atoms with Gasteiger partial charge >= 0.3 is 48.6 Å². The zero-order valence-corrected chi connectivity index (χ0v) is 60.0. The van der Waals surface area contributed by atoms with Crippen LogP contribution in [0.5, 0.6) is 0 Å². The summed E-state index contributed by atoms with van der Waals surface area (Å²) in [6.45, 7) is 0. The first-order valence-corrected chi connectivity index (χ1v) is 34.7. The van der Waals surface area contributed by atoms with Gasteiger partial charge in [0.15, 0.2) is 17.3 Å². The van der Waals surface area contributed by atoms with Crippen molar-refractivity contribution in [2.24, 2.45) is 0 Å². The van der Waals surface area contributed by atoms with Crippen LogP contribution in [0.3, 0.4) is 0 Å². The molecule has 0 atom stereocenters. The number of anilines is 4. The number of alkyl halides is 12. The highest BCUT2D eigenvalue weighted by Crippen LogP contribution is 2.44. The van der Waals surface area contributed by atoms with Crippen LogP contribution >= 0.6 is 95.9 Å². The van der Waals surface area contributed by atoms with Crippen molar-refractivity contribution in [3.05, 3.63) is 281 Å². The van der Waals surface area contributed by atoms with Crippen LogP contribution < -0.4 is 19.6 Å². The summed E-state index contributed by atoms with van der Waals surface area (Å²) in [5.41, 5.74) is -0.639. The number of halogens is 12. The van der Waals surface area contributed by atoms with E-state index in [1.165, 1.54) is 170 Å². The summed E-state index contributed by atoms with van der Waals surface area (Å²) in [6.07, 6.45) is -12.1. The van der Waals surface area contributed by atoms with Crippen molar-refractivity contribution in [1.82, 2.24) is 0 Å². The Hall–Kier alpha value is -10.6. The molecule has 0 spiro atoms. The fourth-order valence-electron chi connectivity index (χ4n) is 9.54. The van der Waals surface area contributed by atoms with Gasteiger partial charge in [0.25, 0.3) is 23.6 Å². The first kappa shape index (κ1) is 81.5. The third kappa shape index (κ3) is 20.2. The number of hydrogen-bond donors (Lipinski definition) is 4. The topological polar surface area (TPSA) is 230 Å². The molecule has 36 heteroatoms. The molecule has 4 aliphatic heterocycles. The largest absolute Gasteiger partial charge is 0.478 e. The Kier molecular flexibility index (Phi) is 25.4. The number of carboxylic acid groups (broad SMARTS) is 4. The molecular formula is C72H40F12N4O12S8. The van der Waals surface area contributed by atoms with Crippen molar-refractivity contribution >= 4 is 208 Å². The third-order valence-corrected chi connectivity index (χ3v) is 19.9. The standard InChI is InChI=1S/4C18H10F3NO3S2/c4*19-18(20,21)12-2-1-3-13(9-12)22-15(23)14(27-17(22)26)8-10-4-6-11(7-5-10)16(24)25/h4*1-9H,(H,24,25)/b4*14-8+. The molecule has 8 aromatic carbocycles. The lowest BCUT2D eigenvalue weighted by Crippen LogP contribution is -2.27. The van der Waals surface area contributed by atoms with Crippen molar-refractivity contribution in [1.29, 1.82) is 0 Å². The number of thioether (sulfide) groups is 4. The molecule has 0 aliphatic carbocycles. The van der Waals surface area contributed by atoms with E-state index in [1.807, 2.05) is 0 Å². The summed E-state index contributed by atoms with van der Waals surface area (Å²) >= 11 is 24.5. The molecule has 4 amide bonds. The van der Waals surface area contributed by atoms with E-state index in [2.05, 4.69) is 0 Å². The average Bonchev–Trinajstić information content (AvgIpc) is 1.64. The predicted octanol–water partition coefficient (Wildman–Crippen LogP) is 19.2. The molecule has 0 radical (unpaired) electrons. The Bertz CT molecular complexity index is 4510. The quantitative estimate of drug-likeness (QED) is 0.0506. The minimum atomic E-state index is -4.53. The Balaban J connectivity index is 0.000000166. The summed E-state index contributed by atoms with van der Waals surface area (Å²) in [5.74, 6) is -6.43. The highest BCUT2D eigenvalue weighted by molar-refractivity contribution is 8.28. The van der Waals surface area contributed by atoms with Gasteiger partial charge in [-0.3, -0.25) is 38.8 Å². The highest BCUT2D eigenvalue weighted by Gasteiger charge is 2.41. The van der Waals surface area contributed by atoms with Crippen LogP contribution in [0, 0.1) is 0 Å². The number of thiocarbonyl (C=S) groups is 4. The number of carbonyl (C=O) groups excluding carboxylic acids is 4. The minimum Gasteiger partial charge on any atom is -0.478 e. The van der Waals surface area contributed by atoms with Gasteiger partial charge in [-0.2, -0.15) is 52.7 Å². The maximum Gasteiger partial charge on any atom is 0.416 e. The molecule has 4 fully saturated rings. The number of benzene rings is 8. The number of carboxylic acids is 4. The predicted molar refractivity (Wildman–Crippen MR) is 402 cm³/mol. The molecule has 4 heterocycles. The van der Waals surface area contributed by atoms with Crippen LogP contribution in [0.2, 0.25) is 0 Å². The van der Waals surface area contributed by atoms with Gasteiger partial charge in [-0.15, -0.1) is 0 Å². The smallest absolute Gasteiger partial charge is 0.416 e. The third-order valence-electron chi connectivity index (χ3n) is 14.7. The van der Waals surface area contributed by atoms with E-state index in [9.17, 15) is 91.0 Å². The zero-order valence-electron chi connectivity index (χ0n) is 53.4. The van der Waals surface area contributed by atoms with Gasteiger partial charge in [0, 0.05) is 0 Å². The number of nitrogens with zero attached hydrogens (tertiary/aromatic N) is 4. The summed E-state index contributed by atoms with van der Waals surface area (Å²) in [7, 11) is 0. The molecule has 552 valence electrons. The monoisotopic (exact) mass is 1640 g/mol. The van der Waals surface area contributed by atoms with Gasteiger partial charge in [-0.25, -0.2) is 19.2 Å². The van der Waals surface area contributed by atoms with E-state index in [0.29, 0.717) is 22.3 Å². The second kappa shape index (κ2) is 33.7. The highest BCUT2D eigenvalue weighted by atomic mass is 32.2. The van der Waals surface area contributed by atoms with E-state index in [4.69, 9.17) is 69.3 Å². The molecule has 0 saturated carbocycles. The maximum absolute atomic E-state index is 12.9. The number of aromatic carboxylic acids is 4. The summed E-state index contributed by atoms with van der Waals surface area (Å²) < 4.78 is 155. The van der Waals surface area contributed by atoms with Crippen LogP contribution in [0.1, 0.15) is 85.9 Å². The Morgan fingerprint density at radius 3 is 0.602 bits per heavy atom. The molecule has 4 aliphatic rings. The lowest BCUT2D eigenvalue weighted by Gasteiger charge is -2.16. The van der Waals surface area contributed by atoms with Gasteiger partial charge in [0.1, 0.15) is 0 Å². The number of hydrogen-bond acceptors (Lipinski definition) is 16. The molecule has 0 aromatic heterocycles. The molecule has 0 bridgehead atoms. The van der Waals surface area contributed by atoms with Crippen LogP contribution in [0.25, 0.3) is 24.3 Å². The van der Waals surface area contributed by atoms with Crippen LogP contribution in [0.15, 0.2) is 214 Å². The molecule has 12 rings (SSSR count). The molecule has 108 heavy (non-hydrogen) atoms. The van der Waals surface area contributed by atoms with Crippen LogP contribution in [-0.2, 0) is 43.9 Å². The van der Waals surface area contributed by atoms with Crippen molar-refractivity contribution in [2.45, 2.75) is 24.7 Å². The maximum atomic E-state index is 12.9. The summed E-state index contributed by atoms with van der Waals surface area (Å²) in [5, 5.41) is 35.6.